The van der Waals surface area contributed by atoms with Crippen LogP contribution in [0, 0.1) is 11.6 Å². The molecule has 0 aliphatic carbocycles. The van der Waals surface area contributed by atoms with Gasteiger partial charge in [0, 0.05) is 11.4 Å². The molecule has 0 unspecified atom stereocenters. The van der Waals surface area contributed by atoms with Gasteiger partial charge in [0.15, 0.2) is 11.5 Å². The molecule has 1 aromatic heterocycles. The Morgan fingerprint density at radius 3 is 2.47 bits per heavy atom. The minimum atomic E-state index is -0.805. The van der Waals surface area contributed by atoms with Crippen LogP contribution in [0.15, 0.2) is 53.9 Å². The maximum atomic E-state index is 13.8. The van der Waals surface area contributed by atoms with Crippen LogP contribution in [0.2, 0.25) is 0 Å². The quantitative estimate of drug-likeness (QED) is 0.413. The summed E-state index contributed by atoms with van der Waals surface area (Å²) in [6.07, 6.45) is 0. The standard InChI is InChI=1S/C24H26F2N2O3S/c1-3-28(15-23(29)27-24-19(25)8-5-9-20(24)26)14-17-10-11-21(22(13-17)30-4-2)31-16-18-7-6-12-32-18/h5-13H,3-4,14-16H2,1-2H3,(H,27,29). The van der Waals surface area contributed by atoms with Crippen molar-refractivity contribution in [3.63, 3.8) is 0 Å². The van der Waals surface area contributed by atoms with E-state index in [2.05, 4.69) is 5.32 Å². The molecule has 0 radical (unpaired) electrons. The molecule has 0 aliphatic rings. The number of ether oxygens (including phenoxy) is 2. The number of anilines is 1. The van der Waals surface area contributed by atoms with E-state index in [0.717, 1.165) is 22.6 Å². The highest BCUT2D eigenvalue weighted by atomic mass is 32.1. The molecular weight excluding hydrogens is 434 g/mol. The lowest BCUT2D eigenvalue weighted by molar-refractivity contribution is -0.117. The Balaban J connectivity index is 1.64. The molecule has 0 saturated carbocycles. The first kappa shape index (κ1) is 23.7. The fourth-order valence-electron chi connectivity index (χ4n) is 3.12. The summed E-state index contributed by atoms with van der Waals surface area (Å²) >= 11 is 1.63. The highest BCUT2D eigenvalue weighted by Crippen LogP contribution is 2.30. The summed E-state index contributed by atoms with van der Waals surface area (Å²) in [5.41, 5.74) is 0.503. The van der Waals surface area contributed by atoms with Gasteiger partial charge in [0.1, 0.15) is 23.9 Å². The molecule has 3 aromatic rings. The number of hydrogen-bond acceptors (Lipinski definition) is 5. The molecule has 5 nitrogen and oxygen atoms in total. The van der Waals surface area contributed by atoms with Crippen molar-refractivity contribution < 1.29 is 23.0 Å². The molecule has 8 heteroatoms. The van der Waals surface area contributed by atoms with E-state index in [1.54, 1.807) is 11.3 Å². The number of halogens is 2. The first-order valence-electron chi connectivity index (χ1n) is 10.4. The maximum absolute atomic E-state index is 13.8. The number of para-hydroxylation sites is 1. The van der Waals surface area contributed by atoms with Crippen molar-refractivity contribution in [2.75, 3.05) is 25.0 Å². The second-order valence-electron chi connectivity index (χ2n) is 7.03. The van der Waals surface area contributed by atoms with Crippen LogP contribution >= 0.6 is 11.3 Å². The number of carbonyl (C=O) groups excluding carboxylic acids is 1. The summed E-state index contributed by atoms with van der Waals surface area (Å²) in [5, 5.41) is 4.33. The van der Waals surface area contributed by atoms with E-state index in [9.17, 15) is 13.6 Å². The number of nitrogens with zero attached hydrogens (tertiary/aromatic N) is 1. The van der Waals surface area contributed by atoms with E-state index in [0.29, 0.717) is 37.8 Å². The zero-order valence-electron chi connectivity index (χ0n) is 18.1. The van der Waals surface area contributed by atoms with Crippen LogP contribution in [0.1, 0.15) is 24.3 Å². The van der Waals surface area contributed by atoms with Crippen LogP contribution in [0.4, 0.5) is 14.5 Å². The molecule has 0 spiro atoms. The third kappa shape index (κ3) is 6.51. The zero-order chi connectivity index (χ0) is 22.9. The minimum Gasteiger partial charge on any atom is -0.490 e. The molecule has 0 atom stereocenters. The van der Waals surface area contributed by atoms with Crippen molar-refractivity contribution in [2.45, 2.75) is 27.0 Å². The Kier molecular flexibility index (Phi) is 8.58. The third-order valence-corrected chi connectivity index (χ3v) is 5.56. The van der Waals surface area contributed by atoms with Crippen LogP contribution in [-0.2, 0) is 17.9 Å². The fourth-order valence-corrected chi connectivity index (χ4v) is 3.73. The molecule has 0 saturated heterocycles. The third-order valence-electron chi connectivity index (χ3n) is 4.71. The lowest BCUT2D eigenvalue weighted by Crippen LogP contribution is -2.33. The number of hydrogen-bond donors (Lipinski definition) is 1. The monoisotopic (exact) mass is 460 g/mol. The van der Waals surface area contributed by atoms with Crippen LogP contribution in [0.5, 0.6) is 11.5 Å². The molecule has 1 heterocycles. The van der Waals surface area contributed by atoms with Crippen LogP contribution in [0.25, 0.3) is 0 Å². The van der Waals surface area contributed by atoms with Crippen LogP contribution < -0.4 is 14.8 Å². The summed E-state index contributed by atoms with van der Waals surface area (Å²) < 4.78 is 39.2. The highest BCUT2D eigenvalue weighted by Gasteiger charge is 2.16. The predicted molar refractivity (Wildman–Crippen MR) is 122 cm³/mol. The molecule has 3 rings (SSSR count). The van der Waals surface area contributed by atoms with Gasteiger partial charge >= 0.3 is 0 Å². The number of thiophene rings is 1. The molecule has 1 N–H and O–H groups in total. The Morgan fingerprint density at radius 2 is 1.81 bits per heavy atom. The van der Waals surface area contributed by atoms with E-state index in [1.807, 2.05) is 54.5 Å². The van der Waals surface area contributed by atoms with E-state index >= 15 is 0 Å². The van der Waals surface area contributed by atoms with Crippen molar-refractivity contribution in [2.24, 2.45) is 0 Å². The van der Waals surface area contributed by atoms with Crippen molar-refractivity contribution in [3.8, 4) is 11.5 Å². The molecule has 32 heavy (non-hydrogen) atoms. The molecule has 0 fully saturated rings. The van der Waals surface area contributed by atoms with E-state index in [1.165, 1.54) is 6.07 Å². The van der Waals surface area contributed by atoms with Crippen molar-refractivity contribution in [3.05, 3.63) is 76.0 Å². The van der Waals surface area contributed by atoms with E-state index in [-0.39, 0.29) is 6.54 Å². The SMILES string of the molecule is CCOc1cc(CN(CC)CC(=O)Nc2c(F)cccc2F)ccc1OCc1cccs1. The average Bonchev–Trinajstić information content (AvgIpc) is 3.29. The van der Waals surface area contributed by atoms with Gasteiger partial charge in [-0.2, -0.15) is 0 Å². The van der Waals surface area contributed by atoms with Gasteiger partial charge < -0.3 is 14.8 Å². The number of amides is 1. The molecular formula is C24H26F2N2O3S. The Hall–Kier alpha value is -2.97. The number of likely N-dealkylation sites (N-methyl/N-ethyl adjacent to an activating group) is 1. The molecule has 0 bridgehead atoms. The largest absolute Gasteiger partial charge is 0.490 e. The Labute approximate surface area is 190 Å². The van der Waals surface area contributed by atoms with Gasteiger partial charge in [-0.25, -0.2) is 8.78 Å². The van der Waals surface area contributed by atoms with Gasteiger partial charge in [-0.05, 0) is 54.7 Å². The van der Waals surface area contributed by atoms with Crippen LogP contribution in [0.3, 0.4) is 0 Å². The Morgan fingerprint density at radius 1 is 1.03 bits per heavy atom. The second-order valence-corrected chi connectivity index (χ2v) is 8.06. The topological polar surface area (TPSA) is 50.8 Å². The summed E-state index contributed by atoms with van der Waals surface area (Å²) in [7, 11) is 0. The first-order valence-corrected chi connectivity index (χ1v) is 11.2. The number of nitrogens with one attached hydrogen (secondary N) is 1. The van der Waals surface area contributed by atoms with Gasteiger partial charge in [0.2, 0.25) is 5.91 Å². The summed E-state index contributed by atoms with van der Waals surface area (Å²) in [6.45, 7) is 5.81. The minimum absolute atomic E-state index is 0.00906. The van der Waals surface area contributed by atoms with Gasteiger partial charge in [-0.3, -0.25) is 9.69 Å². The van der Waals surface area contributed by atoms with Gasteiger partial charge in [-0.15, -0.1) is 11.3 Å². The van der Waals surface area contributed by atoms with Gasteiger partial charge in [-0.1, -0.05) is 25.1 Å². The number of rotatable bonds is 11. The maximum Gasteiger partial charge on any atom is 0.238 e. The molecule has 0 aliphatic heterocycles. The van der Waals surface area contributed by atoms with Crippen LogP contribution in [-0.4, -0.2) is 30.5 Å². The molecule has 170 valence electrons. The molecule has 1 amide bonds. The normalized spacial score (nSPS) is 10.9. The van der Waals surface area contributed by atoms with Gasteiger partial charge in [0.05, 0.1) is 13.2 Å². The second kappa shape index (κ2) is 11.6. The zero-order valence-corrected chi connectivity index (χ0v) is 18.9. The molecule has 2 aromatic carbocycles. The Bertz CT molecular complexity index is 1010. The average molecular weight is 461 g/mol. The smallest absolute Gasteiger partial charge is 0.238 e. The van der Waals surface area contributed by atoms with Gasteiger partial charge in [0.25, 0.3) is 0 Å². The van der Waals surface area contributed by atoms with Crippen molar-refractivity contribution in [1.29, 1.82) is 0 Å². The van der Waals surface area contributed by atoms with E-state index in [4.69, 9.17) is 9.47 Å². The van der Waals surface area contributed by atoms with Crippen molar-refractivity contribution >= 4 is 22.9 Å². The summed E-state index contributed by atoms with van der Waals surface area (Å²) in [4.78, 5) is 15.4. The highest BCUT2D eigenvalue weighted by molar-refractivity contribution is 7.09. The summed E-state index contributed by atoms with van der Waals surface area (Å²) in [5.74, 6) is -0.811. The number of benzene rings is 2. The lowest BCUT2D eigenvalue weighted by atomic mass is 10.2. The fraction of sp³-hybridized carbons (Fsp3) is 0.292. The summed E-state index contributed by atoms with van der Waals surface area (Å²) in [6, 6.07) is 13.1. The van der Waals surface area contributed by atoms with Crippen molar-refractivity contribution in [1.82, 2.24) is 4.90 Å². The lowest BCUT2D eigenvalue weighted by Gasteiger charge is -2.21. The first-order chi connectivity index (χ1) is 15.5. The van der Waals surface area contributed by atoms with E-state index < -0.39 is 23.2 Å². The predicted octanol–water partition coefficient (Wildman–Crippen LogP) is 5.46. The number of carbonyl (C=O) groups is 1.